The van der Waals surface area contributed by atoms with E-state index in [0.29, 0.717) is 35.6 Å². The second-order valence-electron chi connectivity index (χ2n) is 8.19. The van der Waals surface area contributed by atoms with Crippen molar-refractivity contribution in [2.45, 2.75) is 24.3 Å². The minimum absolute atomic E-state index is 0.213. The lowest BCUT2D eigenvalue weighted by Crippen LogP contribution is -2.37. The summed E-state index contributed by atoms with van der Waals surface area (Å²) in [6, 6.07) is 5.56. The highest BCUT2D eigenvalue weighted by atomic mass is 32.2. The van der Waals surface area contributed by atoms with Gasteiger partial charge in [-0.2, -0.15) is 0 Å². The van der Waals surface area contributed by atoms with Crippen LogP contribution in [0, 0.1) is 0 Å². The van der Waals surface area contributed by atoms with Gasteiger partial charge in [0.1, 0.15) is 11.6 Å². The number of anilines is 2. The van der Waals surface area contributed by atoms with Crippen LogP contribution < -0.4 is 15.0 Å². The molecule has 0 unspecified atom stereocenters. The number of morpholine rings is 1. The number of ether oxygens (including phenoxy) is 2. The van der Waals surface area contributed by atoms with Crippen LogP contribution >= 0.6 is 11.8 Å². The van der Waals surface area contributed by atoms with Gasteiger partial charge in [0, 0.05) is 46.4 Å². The van der Waals surface area contributed by atoms with Gasteiger partial charge in [0.15, 0.2) is 22.1 Å². The zero-order chi connectivity index (χ0) is 24.2. The Morgan fingerprint density at radius 3 is 2.68 bits per heavy atom. The lowest BCUT2D eigenvalue weighted by Gasteiger charge is -2.28. The highest BCUT2D eigenvalue weighted by Gasteiger charge is 2.22. The van der Waals surface area contributed by atoms with Crippen molar-refractivity contribution in [3.8, 4) is 5.75 Å². The van der Waals surface area contributed by atoms with Crippen LogP contribution in [0.2, 0.25) is 0 Å². The molecule has 4 rings (SSSR count). The summed E-state index contributed by atoms with van der Waals surface area (Å²) in [7, 11) is 6.98. The highest BCUT2D eigenvalue weighted by molar-refractivity contribution is 7.98. The summed E-state index contributed by atoms with van der Waals surface area (Å²) in [6.07, 6.45) is 0.825. The number of aromatic nitrogens is 4. The third-order valence-electron chi connectivity index (χ3n) is 5.68. The number of rotatable bonds is 7. The van der Waals surface area contributed by atoms with Crippen molar-refractivity contribution in [2.75, 3.05) is 57.7 Å². The first-order chi connectivity index (χ1) is 16.4. The minimum Gasteiger partial charge on any atom is -0.495 e. The molecule has 0 aliphatic carbocycles. The molecular weight excluding hydrogens is 454 g/mol. The first kappa shape index (κ1) is 24.1. The van der Waals surface area contributed by atoms with Crippen molar-refractivity contribution < 1.29 is 14.3 Å². The standard InChI is InChI=1S/C23H31N7O3S/c1-6-18-25-19-20(29(18)4)26-22(27-21(19)30-9-11-33-12-10-30)34-14-15-7-8-17(32-5)16(13-15)24-23(31)28(2)3/h7-8,13H,6,9-12,14H2,1-5H3,(H,24,31). The number of urea groups is 1. The fourth-order valence-corrected chi connectivity index (χ4v) is 4.54. The van der Waals surface area contributed by atoms with E-state index in [9.17, 15) is 4.79 Å². The predicted molar refractivity (Wildman–Crippen MR) is 134 cm³/mol. The number of nitrogens with one attached hydrogen (secondary N) is 1. The molecule has 34 heavy (non-hydrogen) atoms. The summed E-state index contributed by atoms with van der Waals surface area (Å²) < 4.78 is 13.0. The van der Waals surface area contributed by atoms with Crippen molar-refractivity contribution in [3.05, 3.63) is 29.6 Å². The summed E-state index contributed by atoms with van der Waals surface area (Å²) in [5.41, 5.74) is 3.33. The van der Waals surface area contributed by atoms with Gasteiger partial charge < -0.3 is 29.2 Å². The number of hydrogen-bond donors (Lipinski definition) is 1. The number of nitrogens with zero attached hydrogens (tertiary/aromatic N) is 6. The molecule has 1 aliphatic heterocycles. The van der Waals surface area contributed by atoms with Gasteiger partial charge in [0.2, 0.25) is 0 Å². The Bertz CT molecular complexity index is 1180. The van der Waals surface area contributed by atoms with Crippen LogP contribution in [0.25, 0.3) is 11.2 Å². The zero-order valence-corrected chi connectivity index (χ0v) is 21.1. The van der Waals surface area contributed by atoms with Gasteiger partial charge in [-0.05, 0) is 17.7 Å². The van der Waals surface area contributed by atoms with Crippen molar-refractivity contribution in [1.29, 1.82) is 0 Å². The first-order valence-electron chi connectivity index (χ1n) is 11.2. The molecule has 0 bridgehead atoms. The van der Waals surface area contributed by atoms with E-state index in [1.807, 2.05) is 29.8 Å². The predicted octanol–water partition coefficient (Wildman–Crippen LogP) is 3.16. The molecule has 1 aliphatic rings. The van der Waals surface area contributed by atoms with E-state index in [1.165, 1.54) is 4.90 Å². The van der Waals surface area contributed by atoms with Gasteiger partial charge in [0.25, 0.3) is 0 Å². The van der Waals surface area contributed by atoms with Gasteiger partial charge in [0.05, 0.1) is 26.0 Å². The van der Waals surface area contributed by atoms with E-state index in [0.717, 1.165) is 47.9 Å². The van der Waals surface area contributed by atoms with E-state index < -0.39 is 0 Å². The van der Waals surface area contributed by atoms with Crippen LogP contribution in [0.15, 0.2) is 23.4 Å². The third-order valence-corrected chi connectivity index (χ3v) is 6.60. The van der Waals surface area contributed by atoms with Gasteiger partial charge in [-0.1, -0.05) is 24.8 Å². The minimum atomic E-state index is -0.213. The van der Waals surface area contributed by atoms with Crippen molar-refractivity contribution in [1.82, 2.24) is 24.4 Å². The van der Waals surface area contributed by atoms with Crippen LogP contribution in [0.4, 0.5) is 16.3 Å². The molecule has 0 atom stereocenters. The molecule has 3 heterocycles. The number of benzene rings is 1. The molecule has 182 valence electrons. The Morgan fingerprint density at radius 1 is 1.24 bits per heavy atom. The number of aryl methyl sites for hydroxylation is 2. The summed E-state index contributed by atoms with van der Waals surface area (Å²) in [6.45, 7) is 5.00. The molecule has 3 aromatic rings. The SMILES string of the molecule is CCc1nc2c(N3CCOCC3)nc(SCc3ccc(OC)c(NC(=O)N(C)C)c3)nc2n1C. The molecule has 1 aromatic carbocycles. The van der Waals surface area contributed by atoms with E-state index in [2.05, 4.69) is 17.1 Å². The van der Waals surface area contributed by atoms with E-state index in [1.54, 1.807) is 33.0 Å². The van der Waals surface area contributed by atoms with Gasteiger partial charge in [-0.15, -0.1) is 0 Å². The van der Waals surface area contributed by atoms with Crippen molar-refractivity contribution in [2.24, 2.45) is 7.05 Å². The molecule has 2 aromatic heterocycles. The smallest absolute Gasteiger partial charge is 0.321 e. The molecule has 0 radical (unpaired) electrons. The number of hydrogen-bond acceptors (Lipinski definition) is 8. The third kappa shape index (κ3) is 5.05. The number of methoxy groups -OCH3 is 1. The summed E-state index contributed by atoms with van der Waals surface area (Å²) in [5, 5.41) is 3.57. The van der Waals surface area contributed by atoms with Gasteiger partial charge in [-0.25, -0.2) is 19.7 Å². The molecule has 0 spiro atoms. The highest BCUT2D eigenvalue weighted by Crippen LogP contribution is 2.31. The van der Waals surface area contributed by atoms with E-state index in [4.69, 9.17) is 24.4 Å². The average molecular weight is 486 g/mol. The molecule has 1 N–H and O–H groups in total. The Labute approximate surface area is 203 Å². The van der Waals surface area contributed by atoms with Crippen molar-refractivity contribution >= 4 is 40.5 Å². The Hall–Kier alpha value is -3.05. The molecule has 0 saturated carbocycles. The Balaban J connectivity index is 1.62. The molecular formula is C23H31N7O3S. The molecule has 10 nitrogen and oxygen atoms in total. The molecule has 1 saturated heterocycles. The molecule has 11 heteroatoms. The van der Waals surface area contributed by atoms with E-state index in [-0.39, 0.29) is 6.03 Å². The van der Waals surface area contributed by atoms with Crippen LogP contribution in [0.5, 0.6) is 5.75 Å². The summed E-state index contributed by atoms with van der Waals surface area (Å²) in [5.74, 6) is 3.09. The fraction of sp³-hybridized carbons (Fsp3) is 0.478. The largest absolute Gasteiger partial charge is 0.495 e. The molecule has 1 fully saturated rings. The zero-order valence-electron chi connectivity index (χ0n) is 20.3. The lowest BCUT2D eigenvalue weighted by atomic mass is 10.2. The lowest BCUT2D eigenvalue weighted by molar-refractivity contribution is 0.122. The Kier molecular flexibility index (Phi) is 7.42. The number of amides is 2. The Morgan fingerprint density at radius 2 is 2.00 bits per heavy atom. The number of carbonyl (C=O) groups is 1. The number of thioether (sulfide) groups is 1. The molecule has 2 amide bonds. The monoisotopic (exact) mass is 485 g/mol. The number of fused-ring (bicyclic) bond motifs is 1. The normalized spacial score (nSPS) is 13.9. The van der Waals surface area contributed by atoms with Crippen LogP contribution in [-0.4, -0.2) is 78.0 Å². The van der Waals surface area contributed by atoms with Gasteiger partial charge >= 0.3 is 6.03 Å². The quantitative estimate of drug-likeness (QED) is 0.403. The van der Waals surface area contributed by atoms with Crippen LogP contribution in [-0.2, 0) is 24.0 Å². The fourth-order valence-electron chi connectivity index (χ4n) is 3.77. The second-order valence-corrected chi connectivity index (χ2v) is 9.13. The van der Waals surface area contributed by atoms with Crippen LogP contribution in [0.3, 0.4) is 0 Å². The maximum atomic E-state index is 12.2. The topological polar surface area (TPSA) is 97.6 Å². The van der Waals surface area contributed by atoms with E-state index >= 15 is 0 Å². The average Bonchev–Trinajstić information content (AvgIpc) is 3.18. The van der Waals surface area contributed by atoms with Crippen molar-refractivity contribution in [3.63, 3.8) is 0 Å². The van der Waals surface area contributed by atoms with Gasteiger partial charge in [-0.3, -0.25) is 0 Å². The first-order valence-corrected chi connectivity index (χ1v) is 12.2. The maximum Gasteiger partial charge on any atom is 0.321 e. The van der Waals surface area contributed by atoms with Crippen LogP contribution in [0.1, 0.15) is 18.3 Å². The number of carbonyl (C=O) groups excluding carboxylic acids is 1. The number of imidazole rings is 1. The second kappa shape index (κ2) is 10.5. The summed E-state index contributed by atoms with van der Waals surface area (Å²) in [4.78, 5) is 30.4. The summed E-state index contributed by atoms with van der Waals surface area (Å²) >= 11 is 1.55. The maximum absolute atomic E-state index is 12.2.